The molecule has 38 heavy (non-hydrogen) atoms. The van der Waals surface area contributed by atoms with E-state index in [-0.39, 0.29) is 29.6 Å². The van der Waals surface area contributed by atoms with Gasteiger partial charge in [0.2, 0.25) is 5.88 Å². The number of sulfone groups is 1. The first kappa shape index (κ1) is 27.9. The summed E-state index contributed by atoms with van der Waals surface area (Å²) in [6.07, 6.45) is 0.388. The minimum atomic E-state index is -3.48. The number of nitrogens with zero attached hydrogens (tertiary/aromatic N) is 4. The standard InChI is InChI=1S/C24H29N5O7S2/c1-34-12-2-16-38(32,33)18-5-3-17(4-6-18)21(28-29-9-13-35-14-10-29)22(31)27-24-25-19-7-8-20(36-15-11-30)26-23(19)37-24/h3-8,30H,2,9-16H2,1H3,(H,25,27,31)/b28-21+. The lowest BCUT2D eigenvalue weighted by molar-refractivity contribution is -0.110. The summed E-state index contributed by atoms with van der Waals surface area (Å²) in [5, 5.41) is 18.4. The maximum absolute atomic E-state index is 13.4. The molecule has 0 spiro atoms. The van der Waals surface area contributed by atoms with Crippen LogP contribution in [-0.2, 0) is 24.1 Å². The maximum Gasteiger partial charge on any atom is 0.278 e. The molecular formula is C24H29N5O7S2. The van der Waals surface area contributed by atoms with E-state index in [0.717, 1.165) is 0 Å². The van der Waals surface area contributed by atoms with E-state index in [4.69, 9.17) is 19.3 Å². The Hall–Kier alpha value is -3.17. The van der Waals surface area contributed by atoms with E-state index >= 15 is 0 Å². The van der Waals surface area contributed by atoms with Gasteiger partial charge in [0.1, 0.15) is 17.0 Å². The van der Waals surface area contributed by atoms with Crippen LogP contribution in [0.5, 0.6) is 5.88 Å². The van der Waals surface area contributed by atoms with Crippen molar-refractivity contribution in [2.75, 3.05) is 64.3 Å². The highest BCUT2D eigenvalue weighted by Crippen LogP contribution is 2.26. The van der Waals surface area contributed by atoms with E-state index in [2.05, 4.69) is 20.4 Å². The second kappa shape index (κ2) is 13.1. The molecule has 0 unspecified atom stereocenters. The lowest BCUT2D eigenvalue weighted by Crippen LogP contribution is -2.35. The molecule has 3 heterocycles. The van der Waals surface area contributed by atoms with Crippen LogP contribution in [0.15, 0.2) is 46.4 Å². The van der Waals surface area contributed by atoms with Gasteiger partial charge >= 0.3 is 0 Å². The van der Waals surface area contributed by atoms with E-state index in [0.29, 0.717) is 66.3 Å². The van der Waals surface area contributed by atoms with Crippen LogP contribution in [0.3, 0.4) is 0 Å². The second-order valence-electron chi connectivity index (χ2n) is 8.22. The molecule has 1 aromatic carbocycles. The largest absolute Gasteiger partial charge is 0.475 e. The number of hydrogen-bond donors (Lipinski definition) is 2. The third-order valence-corrected chi connectivity index (χ3v) is 8.18. The molecule has 0 saturated carbocycles. The van der Waals surface area contributed by atoms with Crippen LogP contribution >= 0.6 is 11.3 Å². The fourth-order valence-corrected chi connectivity index (χ4v) is 5.71. The van der Waals surface area contributed by atoms with Gasteiger partial charge in [0, 0.05) is 25.3 Å². The normalized spacial score (nSPS) is 14.6. The number of pyridine rings is 1. The molecule has 2 aromatic heterocycles. The van der Waals surface area contributed by atoms with Gasteiger partial charge in [0.15, 0.2) is 20.7 Å². The number of fused-ring (bicyclic) bond motifs is 1. The van der Waals surface area contributed by atoms with Gasteiger partial charge in [0.25, 0.3) is 5.91 Å². The van der Waals surface area contributed by atoms with Crippen molar-refractivity contribution in [3.63, 3.8) is 0 Å². The van der Waals surface area contributed by atoms with Gasteiger partial charge in [0.05, 0.1) is 43.6 Å². The average Bonchev–Trinajstić information content (AvgIpc) is 3.32. The van der Waals surface area contributed by atoms with Crippen LogP contribution in [0.1, 0.15) is 12.0 Å². The van der Waals surface area contributed by atoms with Gasteiger partial charge in [-0.1, -0.05) is 23.5 Å². The van der Waals surface area contributed by atoms with Crippen molar-refractivity contribution in [2.24, 2.45) is 5.10 Å². The monoisotopic (exact) mass is 563 g/mol. The number of carbonyl (C=O) groups is 1. The number of carbonyl (C=O) groups excluding carboxylic acids is 1. The summed E-state index contributed by atoms with van der Waals surface area (Å²) < 4.78 is 40.9. The Bertz CT molecular complexity index is 1370. The number of aromatic nitrogens is 2. The summed E-state index contributed by atoms with van der Waals surface area (Å²) >= 11 is 1.17. The quantitative estimate of drug-likeness (QED) is 0.245. The molecule has 12 nitrogen and oxygen atoms in total. The van der Waals surface area contributed by atoms with Crippen molar-refractivity contribution >= 4 is 48.3 Å². The first-order valence-corrected chi connectivity index (χ1v) is 14.4. The summed E-state index contributed by atoms with van der Waals surface area (Å²) in [5.74, 6) is -0.184. The van der Waals surface area contributed by atoms with Crippen LogP contribution in [0.4, 0.5) is 5.13 Å². The van der Waals surface area contributed by atoms with E-state index in [1.807, 2.05) is 0 Å². The first-order chi connectivity index (χ1) is 18.4. The zero-order chi connectivity index (χ0) is 27.0. The molecule has 0 radical (unpaired) electrons. The lowest BCUT2D eigenvalue weighted by atomic mass is 10.1. The number of anilines is 1. The molecule has 1 amide bonds. The van der Waals surface area contributed by atoms with Crippen molar-refractivity contribution in [3.05, 3.63) is 42.0 Å². The Balaban J connectivity index is 1.57. The predicted octanol–water partition coefficient (Wildman–Crippen LogP) is 1.55. The number of rotatable bonds is 12. The van der Waals surface area contributed by atoms with Gasteiger partial charge in [-0.05, 0) is 24.6 Å². The molecule has 1 aliphatic heterocycles. The van der Waals surface area contributed by atoms with Gasteiger partial charge in [-0.3, -0.25) is 15.1 Å². The maximum atomic E-state index is 13.4. The highest BCUT2D eigenvalue weighted by atomic mass is 32.2. The van der Waals surface area contributed by atoms with Crippen molar-refractivity contribution in [3.8, 4) is 5.88 Å². The summed E-state index contributed by atoms with van der Waals surface area (Å²) in [6, 6.07) is 9.47. The molecule has 14 heteroatoms. The molecule has 3 aromatic rings. The van der Waals surface area contributed by atoms with Gasteiger partial charge in [-0.25, -0.2) is 18.4 Å². The third kappa shape index (κ3) is 7.23. The molecule has 4 rings (SSSR count). The highest BCUT2D eigenvalue weighted by molar-refractivity contribution is 7.91. The minimum absolute atomic E-state index is 0.0339. The molecule has 0 atom stereocenters. The first-order valence-electron chi connectivity index (χ1n) is 12.0. The zero-order valence-corrected chi connectivity index (χ0v) is 22.5. The Morgan fingerprint density at radius 3 is 2.63 bits per heavy atom. The number of ether oxygens (including phenoxy) is 3. The van der Waals surface area contributed by atoms with Crippen LogP contribution in [0.2, 0.25) is 0 Å². The summed E-state index contributed by atoms with van der Waals surface area (Å²) in [5.41, 5.74) is 1.16. The third-order valence-electron chi connectivity index (χ3n) is 5.48. The number of benzene rings is 1. The molecule has 2 N–H and O–H groups in total. The zero-order valence-electron chi connectivity index (χ0n) is 20.8. The number of aliphatic hydroxyl groups is 1. The summed E-state index contributed by atoms with van der Waals surface area (Å²) in [6.45, 7) is 2.36. The SMILES string of the molecule is COCCCS(=O)(=O)c1ccc(/C(=N\N2CCOCC2)C(=O)Nc2nc3ccc(OCCO)nc3s2)cc1. The number of hydrogen-bond acceptors (Lipinski definition) is 12. The average molecular weight is 564 g/mol. The van der Waals surface area contributed by atoms with Crippen LogP contribution in [-0.4, -0.2) is 99.1 Å². The molecule has 0 aliphatic carbocycles. The van der Waals surface area contributed by atoms with Gasteiger partial charge in [-0.15, -0.1) is 0 Å². The number of hydrazone groups is 1. The topological polar surface area (TPSA) is 153 Å². The number of morpholine rings is 1. The van der Waals surface area contributed by atoms with Gasteiger partial charge < -0.3 is 19.3 Å². The number of aliphatic hydroxyl groups excluding tert-OH is 1. The summed E-state index contributed by atoms with van der Waals surface area (Å²) in [4.78, 5) is 22.9. The van der Waals surface area contributed by atoms with E-state index in [9.17, 15) is 13.2 Å². The molecule has 1 fully saturated rings. The highest BCUT2D eigenvalue weighted by Gasteiger charge is 2.21. The Labute approximate surface area is 224 Å². The molecule has 0 bridgehead atoms. The van der Waals surface area contributed by atoms with E-state index in [1.54, 1.807) is 29.3 Å². The van der Waals surface area contributed by atoms with Crippen LogP contribution < -0.4 is 10.1 Å². The summed E-state index contributed by atoms with van der Waals surface area (Å²) in [7, 11) is -1.96. The van der Waals surface area contributed by atoms with Gasteiger partial charge in [-0.2, -0.15) is 5.10 Å². The Morgan fingerprint density at radius 2 is 1.92 bits per heavy atom. The Morgan fingerprint density at radius 1 is 1.16 bits per heavy atom. The molecule has 1 saturated heterocycles. The fraction of sp³-hybridized carbons (Fsp3) is 0.417. The van der Waals surface area contributed by atoms with Crippen molar-refractivity contribution in [1.82, 2.24) is 15.0 Å². The fourth-order valence-electron chi connectivity index (χ4n) is 3.60. The van der Waals surface area contributed by atoms with Crippen molar-refractivity contribution in [2.45, 2.75) is 11.3 Å². The number of methoxy groups -OCH3 is 1. The molecular weight excluding hydrogens is 534 g/mol. The minimum Gasteiger partial charge on any atom is -0.475 e. The number of amides is 1. The predicted molar refractivity (Wildman–Crippen MR) is 143 cm³/mol. The van der Waals surface area contributed by atoms with Crippen molar-refractivity contribution < 1.29 is 32.5 Å². The Kier molecular flexibility index (Phi) is 9.58. The van der Waals surface area contributed by atoms with Crippen molar-refractivity contribution in [1.29, 1.82) is 0 Å². The van der Waals surface area contributed by atoms with E-state index in [1.165, 1.54) is 30.6 Å². The smallest absolute Gasteiger partial charge is 0.278 e. The second-order valence-corrected chi connectivity index (χ2v) is 11.3. The van der Waals surface area contributed by atoms with E-state index < -0.39 is 15.7 Å². The molecule has 1 aliphatic rings. The van der Waals surface area contributed by atoms with Crippen LogP contribution in [0, 0.1) is 0 Å². The molecule has 204 valence electrons. The number of nitrogens with one attached hydrogen (secondary N) is 1. The lowest BCUT2D eigenvalue weighted by Gasteiger charge is -2.24. The number of thiazole rings is 1. The van der Waals surface area contributed by atoms with Crippen LogP contribution in [0.25, 0.3) is 10.3 Å².